The highest BCUT2D eigenvalue weighted by atomic mass is 35.5. The Bertz CT molecular complexity index is 646. The van der Waals surface area contributed by atoms with Crippen molar-refractivity contribution in [3.8, 4) is 0 Å². The summed E-state index contributed by atoms with van der Waals surface area (Å²) in [5.41, 5.74) is -0.0246. The van der Waals surface area contributed by atoms with Gasteiger partial charge >= 0.3 is 5.97 Å². The Hall–Kier alpha value is -1.88. The van der Waals surface area contributed by atoms with Gasteiger partial charge in [-0.2, -0.15) is 0 Å². The van der Waals surface area contributed by atoms with Crippen molar-refractivity contribution < 1.29 is 19.1 Å². The van der Waals surface area contributed by atoms with Crippen LogP contribution in [-0.4, -0.2) is 17.0 Å². The Morgan fingerprint density at radius 2 is 1.90 bits per heavy atom. The summed E-state index contributed by atoms with van der Waals surface area (Å²) in [6, 6.07) is 3.85. The predicted octanol–water partition coefficient (Wildman–Crippen LogP) is 2.94. The average molecular weight is 310 g/mol. The summed E-state index contributed by atoms with van der Waals surface area (Å²) in [5, 5.41) is 12.1. The summed E-state index contributed by atoms with van der Waals surface area (Å²) in [7, 11) is 0. The number of rotatable bonds is 3. The summed E-state index contributed by atoms with van der Waals surface area (Å²) >= 11 is 5.78. The van der Waals surface area contributed by atoms with Gasteiger partial charge in [0.05, 0.1) is 17.5 Å². The summed E-state index contributed by atoms with van der Waals surface area (Å²) in [5.74, 6) is -3.69. The van der Waals surface area contributed by atoms with Gasteiger partial charge in [-0.25, -0.2) is 4.39 Å². The van der Waals surface area contributed by atoms with Crippen LogP contribution in [0.5, 0.6) is 0 Å². The number of carboxylic acid groups (broad SMARTS) is 1. The van der Waals surface area contributed by atoms with E-state index in [1.54, 1.807) is 0 Å². The zero-order chi connectivity index (χ0) is 15.1. The standard InChI is InChI=1S/C15H13ClFNO3/c16-9-3-4-10(17)11(6-9)18-14(19)12-7-1-2-8(5-7)13(12)15(20)21/h1-4,6-8,12-13H,5H2,(H,18,19)(H,20,21). The molecule has 0 aromatic heterocycles. The van der Waals surface area contributed by atoms with Crippen molar-refractivity contribution in [2.45, 2.75) is 6.42 Å². The number of anilines is 1. The second-order valence-electron chi connectivity index (χ2n) is 5.45. The van der Waals surface area contributed by atoms with Gasteiger partial charge in [-0.15, -0.1) is 0 Å². The predicted molar refractivity (Wildman–Crippen MR) is 75.4 cm³/mol. The van der Waals surface area contributed by atoms with E-state index in [2.05, 4.69) is 5.32 Å². The molecule has 2 aliphatic rings. The Balaban J connectivity index is 1.83. The fourth-order valence-electron chi connectivity index (χ4n) is 3.33. The molecule has 1 saturated carbocycles. The van der Waals surface area contributed by atoms with Crippen LogP contribution in [0.15, 0.2) is 30.4 Å². The molecule has 2 aliphatic carbocycles. The molecular weight excluding hydrogens is 297 g/mol. The van der Waals surface area contributed by atoms with Crippen molar-refractivity contribution in [2.75, 3.05) is 5.32 Å². The molecule has 110 valence electrons. The van der Waals surface area contributed by atoms with Crippen molar-refractivity contribution in [1.29, 1.82) is 0 Å². The third kappa shape index (κ3) is 2.42. The Kier molecular flexibility index (Phi) is 3.45. The SMILES string of the molecule is O=C(O)C1C2C=CC(C2)C1C(=O)Nc1cc(Cl)ccc1F. The van der Waals surface area contributed by atoms with Crippen molar-refractivity contribution >= 4 is 29.2 Å². The molecule has 21 heavy (non-hydrogen) atoms. The van der Waals surface area contributed by atoms with Crippen LogP contribution in [0.25, 0.3) is 0 Å². The van der Waals surface area contributed by atoms with Crippen LogP contribution in [0, 0.1) is 29.5 Å². The second kappa shape index (κ2) is 5.15. The first-order valence-corrected chi connectivity index (χ1v) is 7.02. The lowest BCUT2D eigenvalue weighted by atomic mass is 9.82. The molecule has 1 aromatic carbocycles. The number of hydrogen-bond acceptors (Lipinski definition) is 2. The number of carbonyl (C=O) groups excluding carboxylic acids is 1. The van der Waals surface area contributed by atoms with E-state index >= 15 is 0 Å². The Morgan fingerprint density at radius 1 is 1.24 bits per heavy atom. The lowest BCUT2D eigenvalue weighted by Gasteiger charge is -2.24. The monoisotopic (exact) mass is 309 g/mol. The lowest BCUT2D eigenvalue weighted by molar-refractivity contribution is -0.146. The maximum Gasteiger partial charge on any atom is 0.307 e. The average Bonchev–Trinajstić information content (AvgIpc) is 3.03. The number of carboxylic acids is 1. The minimum absolute atomic E-state index is 0.0246. The topological polar surface area (TPSA) is 66.4 Å². The zero-order valence-corrected chi connectivity index (χ0v) is 11.7. The lowest BCUT2D eigenvalue weighted by Crippen LogP contribution is -2.36. The van der Waals surface area contributed by atoms with Crippen molar-refractivity contribution in [1.82, 2.24) is 0 Å². The zero-order valence-electron chi connectivity index (χ0n) is 10.9. The van der Waals surface area contributed by atoms with Crippen LogP contribution in [0.1, 0.15) is 6.42 Å². The molecular formula is C15H13ClFNO3. The number of halogens is 2. The molecule has 4 atom stereocenters. The largest absolute Gasteiger partial charge is 0.481 e. The summed E-state index contributed by atoms with van der Waals surface area (Å²) < 4.78 is 13.7. The van der Waals surface area contributed by atoms with Crippen LogP contribution in [0.4, 0.5) is 10.1 Å². The van der Waals surface area contributed by atoms with E-state index in [0.29, 0.717) is 11.4 Å². The van der Waals surface area contributed by atoms with E-state index in [1.807, 2.05) is 12.2 Å². The van der Waals surface area contributed by atoms with E-state index in [9.17, 15) is 19.1 Å². The number of amides is 1. The van der Waals surface area contributed by atoms with Gasteiger partial charge in [0.2, 0.25) is 5.91 Å². The van der Waals surface area contributed by atoms with Gasteiger partial charge in [-0.1, -0.05) is 23.8 Å². The molecule has 6 heteroatoms. The Labute approximate surface area is 125 Å². The first kappa shape index (κ1) is 14.1. The van der Waals surface area contributed by atoms with Crippen LogP contribution in [0.3, 0.4) is 0 Å². The van der Waals surface area contributed by atoms with Gasteiger partial charge in [0.1, 0.15) is 5.82 Å². The minimum Gasteiger partial charge on any atom is -0.481 e. The van der Waals surface area contributed by atoms with Crippen molar-refractivity contribution in [2.24, 2.45) is 23.7 Å². The highest BCUT2D eigenvalue weighted by molar-refractivity contribution is 6.30. The molecule has 4 nitrogen and oxygen atoms in total. The second-order valence-corrected chi connectivity index (χ2v) is 5.89. The molecule has 1 aromatic rings. The van der Waals surface area contributed by atoms with Gasteiger partial charge in [0.25, 0.3) is 0 Å². The van der Waals surface area contributed by atoms with Crippen LogP contribution < -0.4 is 5.32 Å². The molecule has 0 aliphatic heterocycles. The number of benzene rings is 1. The maximum absolute atomic E-state index is 13.7. The number of fused-ring (bicyclic) bond motifs is 2. The van der Waals surface area contributed by atoms with Crippen LogP contribution in [0.2, 0.25) is 5.02 Å². The first-order chi connectivity index (χ1) is 9.97. The van der Waals surface area contributed by atoms with E-state index in [1.165, 1.54) is 12.1 Å². The van der Waals surface area contributed by atoms with Gasteiger partial charge < -0.3 is 10.4 Å². The molecule has 0 saturated heterocycles. The number of aliphatic carboxylic acids is 1. The first-order valence-electron chi connectivity index (χ1n) is 6.64. The van der Waals surface area contributed by atoms with Gasteiger partial charge in [-0.05, 0) is 36.5 Å². The summed E-state index contributed by atoms with van der Waals surface area (Å²) in [6.45, 7) is 0. The van der Waals surface area contributed by atoms with Crippen molar-refractivity contribution in [3.05, 3.63) is 41.2 Å². The van der Waals surface area contributed by atoms with E-state index < -0.39 is 29.5 Å². The third-order valence-corrected chi connectivity index (χ3v) is 4.47. The molecule has 0 spiro atoms. The Morgan fingerprint density at radius 3 is 2.57 bits per heavy atom. The van der Waals surface area contributed by atoms with E-state index in [0.717, 1.165) is 6.07 Å². The molecule has 2 bridgehead atoms. The maximum atomic E-state index is 13.7. The van der Waals surface area contributed by atoms with Gasteiger partial charge in [0.15, 0.2) is 0 Å². The normalized spacial score (nSPS) is 29.6. The number of carbonyl (C=O) groups is 2. The number of hydrogen-bond donors (Lipinski definition) is 2. The molecule has 1 fully saturated rings. The molecule has 0 radical (unpaired) electrons. The quantitative estimate of drug-likeness (QED) is 0.844. The van der Waals surface area contributed by atoms with E-state index in [-0.39, 0.29) is 17.5 Å². The van der Waals surface area contributed by atoms with Crippen molar-refractivity contribution in [3.63, 3.8) is 0 Å². The molecule has 3 rings (SSSR count). The third-order valence-electron chi connectivity index (χ3n) is 4.23. The summed E-state index contributed by atoms with van der Waals surface area (Å²) in [4.78, 5) is 23.7. The van der Waals surface area contributed by atoms with Gasteiger partial charge in [-0.3, -0.25) is 9.59 Å². The van der Waals surface area contributed by atoms with Crippen LogP contribution >= 0.6 is 11.6 Å². The van der Waals surface area contributed by atoms with E-state index in [4.69, 9.17) is 11.6 Å². The highest BCUT2D eigenvalue weighted by Crippen LogP contribution is 2.48. The smallest absolute Gasteiger partial charge is 0.307 e. The fraction of sp³-hybridized carbons (Fsp3) is 0.333. The molecule has 4 unspecified atom stereocenters. The molecule has 2 N–H and O–H groups in total. The highest BCUT2D eigenvalue weighted by Gasteiger charge is 2.51. The van der Waals surface area contributed by atoms with Crippen LogP contribution in [-0.2, 0) is 9.59 Å². The number of allylic oxidation sites excluding steroid dienone is 2. The minimum atomic E-state index is -0.987. The van der Waals surface area contributed by atoms with Gasteiger partial charge in [0, 0.05) is 5.02 Å². The molecule has 1 amide bonds. The molecule has 0 heterocycles. The summed E-state index contributed by atoms with van der Waals surface area (Å²) in [6.07, 6.45) is 4.39. The number of nitrogens with one attached hydrogen (secondary N) is 1. The fourth-order valence-corrected chi connectivity index (χ4v) is 3.50.